The molecule has 0 aliphatic heterocycles. The SMILES string of the molecule is CC(SCCCl)SCCCl. The second kappa shape index (κ2) is 8.38. The van der Waals surface area contributed by atoms with Gasteiger partial charge in [-0.15, -0.1) is 46.7 Å². The Labute approximate surface area is 81.4 Å². The van der Waals surface area contributed by atoms with Crippen molar-refractivity contribution >= 4 is 46.7 Å². The largest absolute Gasteiger partial charge is 0.147 e. The minimum Gasteiger partial charge on any atom is -0.147 e. The van der Waals surface area contributed by atoms with Crippen LogP contribution in [-0.2, 0) is 0 Å². The monoisotopic (exact) mass is 218 g/mol. The zero-order valence-corrected chi connectivity index (χ0v) is 9.12. The summed E-state index contributed by atoms with van der Waals surface area (Å²) in [6, 6.07) is 0. The highest BCUT2D eigenvalue weighted by molar-refractivity contribution is 8.17. The van der Waals surface area contributed by atoms with Gasteiger partial charge in [-0.05, 0) is 6.92 Å². The van der Waals surface area contributed by atoms with E-state index in [0.717, 1.165) is 23.3 Å². The summed E-state index contributed by atoms with van der Waals surface area (Å²) in [5.74, 6) is 3.57. The van der Waals surface area contributed by atoms with Crippen molar-refractivity contribution in [1.82, 2.24) is 0 Å². The molecule has 0 amide bonds. The zero-order chi connectivity index (χ0) is 7.82. The zero-order valence-electron chi connectivity index (χ0n) is 5.98. The molecule has 0 N–H and O–H groups in total. The molecule has 0 heterocycles. The molecule has 0 aliphatic carbocycles. The normalized spacial score (nSPS) is 10.8. The molecule has 4 heteroatoms. The molecular weight excluding hydrogens is 207 g/mol. The Morgan fingerprint density at radius 1 is 1.10 bits per heavy atom. The fourth-order valence-electron chi connectivity index (χ4n) is 0.469. The van der Waals surface area contributed by atoms with E-state index in [4.69, 9.17) is 23.2 Å². The van der Waals surface area contributed by atoms with Crippen LogP contribution in [0.5, 0.6) is 0 Å². The van der Waals surface area contributed by atoms with Crippen LogP contribution in [0.15, 0.2) is 0 Å². The number of halogens is 2. The van der Waals surface area contributed by atoms with Crippen molar-refractivity contribution in [2.75, 3.05) is 23.3 Å². The maximum absolute atomic E-state index is 5.52. The molecule has 0 bridgehead atoms. The molecule has 0 rings (SSSR count). The van der Waals surface area contributed by atoms with Gasteiger partial charge in [0.15, 0.2) is 0 Å². The Morgan fingerprint density at radius 3 is 1.80 bits per heavy atom. The number of alkyl halides is 2. The van der Waals surface area contributed by atoms with E-state index < -0.39 is 0 Å². The Morgan fingerprint density at radius 2 is 1.50 bits per heavy atom. The van der Waals surface area contributed by atoms with Crippen molar-refractivity contribution in [2.24, 2.45) is 0 Å². The fourth-order valence-corrected chi connectivity index (χ4v) is 2.81. The van der Waals surface area contributed by atoms with Gasteiger partial charge in [0.2, 0.25) is 0 Å². The molecule has 10 heavy (non-hydrogen) atoms. The van der Waals surface area contributed by atoms with Gasteiger partial charge in [-0.1, -0.05) is 0 Å². The lowest BCUT2D eigenvalue weighted by Gasteiger charge is -2.07. The van der Waals surface area contributed by atoms with E-state index in [1.165, 1.54) is 0 Å². The molecular formula is C6H12Cl2S2. The van der Waals surface area contributed by atoms with Crippen molar-refractivity contribution in [3.8, 4) is 0 Å². The average Bonchev–Trinajstić information content (AvgIpc) is 1.97. The lowest BCUT2D eigenvalue weighted by molar-refractivity contribution is 1.38. The van der Waals surface area contributed by atoms with Gasteiger partial charge >= 0.3 is 0 Å². The van der Waals surface area contributed by atoms with E-state index >= 15 is 0 Å². The predicted molar refractivity (Wildman–Crippen MR) is 55.8 cm³/mol. The van der Waals surface area contributed by atoms with Crippen LogP contribution in [0.3, 0.4) is 0 Å². The van der Waals surface area contributed by atoms with Crippen LogP contribution >= 0.6 is 46.7 Å². The molecule has 0 nitrogen and oxygen atoms in total. The Balaban J connectivity index is 3.00. The third-order valence-corrected chi connectivity index (χ3v) is 4.32. The van der Waals surface area contributed by atoms with Gasteiger partial charge in [0.05, 0.1) is 0 Å². The number of hydrogen-bond donors (Lipinski definition) is 0. The van der Waals surface area contributed by atoms with Gasteiger partial charge in [0.25, 0.3) is 0 Å². The molecule has 0 aromatic heterocycles. The van der Waals surface area contributed by atoms with Gasteiger partial charge in [0.1, 0.15) is 0 Å². The van der Waals surface area contributed by atoms with Crippen molar-refractivity contribution in [3.63, 3.8) is 0 Å². The third-order valence-electron chi connectivity index (χ3n) is 0.859. The second-order valence-corrected chi connectivity index (χ2v) is 5.64. The first-order chi connectivity index (χ1) is 4.81. The Kier molecular flexibility index (Phi) is 9.45. The van der Waals surface area contributed by atoms with Crippen molar-refractivity contribution in [1.29, 1.82) is 0 Å². The highest BCUT2D eigenvalue weighted by Crippen LogP contribution is 2.22. The summed E-state index contributed by atoms with van der Waals surface area (Å²) in [6.07, 6.45) is 0. The number of hydrogen-bond acceptors (Lipinski definition) is 2. The minimum absolute atomic E-state index is 0.637. The molecule has 62 valence electrons. The average molecular weight is 219 g/mol. The van der Waals surface area contributed by atoms with Crippen LogP contribution in [0.1, 0.15) is 6.92 Å². The summed E-state index contributed by atoms with van der Waals surface area (Å²) < 4.78 is 0.637. The topological polar surface area (TPSA) is 0 Å². The summed E-state index contributed by atoms with van der Waals surface area (Å²) in [5, 5.41) is 0. The molecule has 0 atom stereocenters. The van der Waals surface area contributed by atoms with Gasteiger partial charge in [-0.25, -0.2) is 0 Å². The summed E-state index contributed by atoms with van der Waals surface area (Å²) in [6.45, 7) is 2.19. The molecule has 0 unspecified atom stereocenters. The van der Waals surface area contributed by atoms with Gasteiger partial charge in [-0.2, -0.15) is 0 Å². The van der Waals surface area contributed by atoms with Gasteiger partial charge < -0.3 is 0 Å². The van der Waals surface area contributed by atoms with Crippen LogP contribution < -0.4 is 0 Å². The fraction of sp³-hybridized carbons (Fsp3) is 1.00. The van der Waals surface area contributed by atoms with E-state index in [2.05, 4.69) is 6.92 Å². The maximum atomic E-state index is 5.52. The molecule has 0 fully saturated rings. The van der Waals surface area contributed by atoms with Crippen molar-refractivity contribution in [3.05, 3.63) is 0 Å². The molecule has 0 aromatic rings. The van der Waals surface area contributed by atoms with E-state index in [-0.39, 0.29) is 0 Å². The summed E-state index contributed by atoms with van der Waals surface area (Å²) in [5.41, 5.74) is 0. The third kappa shape index (κ3) is 7.39. The van der Waals surface area contributed by atoms with Crippen LogP contribution in [0.2, 0.25) is 0 Å². The number of rotatable bonds is 6. The molecule has 0 saturated carbocycles. The lowest BCUT2D eigenvalue weighted by Crippen LogP contribution is -1.94. The van der Waals surface area contributed by atoms with Crippen molar-refractivity contribution < 1.29 is 0 Å². The van der Waals surface area contributed by atoms with Crippen LogP contribution in [-0.4, -0.2) is 27.8 Å². The number of thioether (sulfide) groups is 2. The standard InChI is InChI=1S/C6H12Cl2S2/c1-6(9-4-2-7)10-5-3-8/h6H,2-5H2,1H3. The lowest BCUT2D eigenvalue weighted by atomic mass is 10.9. The van der Waals surface area contributed by atoms with E-state index in [9.17, 15) is 0 Å². The van der Waals surface area contributed by atoms with Gasteiger partial charge in [-0.3, -0.25) is 0 Å². The van der Waals surface area contributed by atoms with Gasteiger partial charge in [0, 0.05) is 27.8 Å². The minimum atomic E-state index is 0.637. The predicted octanol–water partition coefficient (Wildman–Crippen LogP) is 3.28. The van der Waals surface area contributed by atoms with E-state index in [0.29, 0.717) is 4.58 Å². The summed E-state index contributed by atoms with van der Waals surface area (Å²) in [4.78, 5) is 0. The first-order valence-electron chi connectivity index (χ1n) is 3.16. The highest BCUT2D eigenvalue weighted by atomic mass is 35.5. The Hall–Kier alpha value is 1.28. The maximum Gasteiger partial charge on any atom is 0.0475 e. The Bertz CT molecular complexity index is 62.8. The second-order valence-electron chi connectivity index (χ2n) is 1.69. The molecule has 0 saturated heterocycles. The summed E-state index contributed by atoms with van der Waals surface area (Å²) >= 11 is 14.8. The highest BCUT2D eigenvalue weighted by Gasteiger charge is 2.00. The molecule has 0 aliphatic rings. The molecule has 0 radical (unpaired) electrons. The van der Waals surface area contributed by atoms with E-state index in [1.807, 2.05) is 23.5 Å². The molecule has 0 spiro atoms. The molecule has 0 aromatic carbocycles. The van der Waals surface area contributed by atoms with Crippen LogP contribution in [0, 0.1) is 0 Å². The van der Waals surface area contributed by atoms with Crippen LogP contribution in [0.4, 0.5) is 0 Å². The first-order valence-corrected chi connectivity index (χ1v) is 6.33. The quantitative estimate of drug-likeness (QED) is 0.496. The summed E-state index contributed by atoms with van der Waals surface area (Å²) in [7, 11) is 0. The van der Waals surface area contributed by atoms with Crippen molar-refractivity contribution in [2.45, 2.75) is 11.5 Å². The van der Waals surface area contributed by atoms with E-state index in [1.54, 1.807) is 0 Å². The first kappa shape index (κ1) is 11.3. The smallest absolute Gasteiger partial charge is 0.0475 e. The van der Waals surface area contributed by atoms with Crippen LogP contribution in [0.25, 0.3) is 0 Å².